The van der Waals surface area contributed by atoms with Gasteiger partial charge in [0.2, 0.25) is 5.95 Å². The fourth-order valence-electron chi connectivity index (χ4n) is 3.29. The molecular weight excluding hydrogens is 424 g/mol. The van der Waals surface area contributed by atoms with E-state index in [1.54, 1.807) is 18.3 Å². The summed E-state index contributed by atoms with van der Waals surface area (Å²) in [6.07, 6.45) is 0.655. The number of nitrogens with zero attached hydrogens (tertiary/aromatic N) is 4. The Bertz CT molecular complexity index is 1390. The van der Waals surface area contributed by atoms with Gasteiger partial charge in [-0.2, -0.15) is 10.1 Å². The predicted octanol–water partition coefficient (Wildman–Crippen LogP) is 1.62. The van der Waals surface area contributed by atoms with Crippen molar-refractivity contribution in [3.8, 4) is 5.75 Å². The van der Waals surface area contributed by atoms with Crippen LogP contribution in [0.25, 0.3) is 11.2 Å². The van der Waals surface area contributed by atoms with Crippen LogP contribution >= 0.6 is 0 Å². The molecule has 0 aliphatic rings. The number of ether oxygens (including phenoxy) is 1. The summed E-state index contributed by atoms with van der Waals surface area (Å²) in [7, 11) is 1.51. The third-order valence-corrected chi connectivity index (χ3v) is 5.04. The number of benzene rings is 2. The van der Waals surface area contributed by atoms with E-state index in [9.17, 15) is 14.7 Å². The molecule has 0 amide bonds. The van der Waals surface area contributed by atoms with Crippen molar-refractivity contribution in [1.82, 2.24) is 19.1 Å². The highest BCUT2D eigenvalue weighted by Gasteiger charge is 2.19. The van der Waals surface area contributed by atoms with Crippen molar-refractivity contribution < 1.29 is 9.84 Å². The number of aliphatic hydroxyl groups excluding tert-OH is 1. The highest BCUT2D eigenvalue weighted by Crippen LogP contribution is 2.17. The van der Waals surface area contributed by atoms with Gasteiger partial charge < -0.3 is 14.4 Å². The molecule has 33 heavy (non-hydrogen) atoms. The molecule has 0 saturated carbocycles. The maximum atomic E-state index is 12.6. The highest BCUT2D eigenvalue weighted by atomic mass is 16.5. The topological polar surface area (TPSA) is 127 Å². The summed E-state index contributed by atoms with van der Waals surface area (Å²) >= 11 is 0. The molecule has 0 saturated heterocycles. The summed E-state index contributed by atoms with van der Waals surface area (Å²) in [5, 5.41) is 14.8. The minimum atomic E-state index is -0.958. The van der Waals surface area contributed by atoms with E-state index >= 15 is 0 Å². The smallest absolute Gasteiger partial charge is 0.329 e. The number of hydrogen-bond acceptors (Lipinski definition) is 7. The van der Waals surface area contributed by atoms with Crippen molar-refractivity contribution >= 4 is 23.3 Å². The van der Waals surface area contributed by atoms with E-state index in [4.69, 9.17) is 4.74 Å². The molecule has 3 N–H and O–H groups in total. The molecule has 1 atom stereocenters. The summed E-state index contributed by atoms with van der Waals surface area (Å²) in [5.41, 5.74) is 3.95. The largest absolute Gasteiger partial charge is 0.491 e. The number of aliphatic hydroxyl groups is 1. The Morgan fingerprint density at radius 2 is 1.91 bits per heavy atom. The number of aromatic nitrogens is 4. The third-order valence-electron chi connectivity index (χ3n) is 5.04. The number of fused-ring (bicyclic) bond motifs is 1. The van der Waals surface area contributed by atoms with E-state index in [-0.39, 0.29) is 30.3 Å². The van der Waals surface area contributed by atoms with Crippen LogP contribution in [0.15, 0.2) is 69.3 Å². The summed E-state index contributed by atoms with van der Waals surface area (Å²) in [4.78, 5) is 31.2. The minimum absolute atomic E-state index is 0.000566. The number of rotatable bonds is 8. The first kappa shape index (κ1) is 22.0. The minimum Gasteiger partial charge on any atom is -0.491 e. The normalized spacial score (nSPS) is 12.3. The molecule has 2 aromatic carbocycles. The van der Waals surface area contributed by atoms with Gasteiger partial charge in [-0.3, -0.25) is 14.3 Å². The first-order valence-corrected chi connectivity index (χ1v) is 10.3. The summed E-state index contributed by atoms with van der Waals surface area (Å²) < 4.78 is 8.33. The highest BCUT2D eigenvalue weighted by molar-refractivity contribution is 5.80. The summed E-state index contributed by atoms with van der Waals surface area (Å²) in [5.74, 6) is 0.826. The third kappa shape index (κ3) is 5.01. The zero-order valence-electron chi connectivity index (χ0n) is 18.2. The van der Waals surface area contributed by atoms with Crippen LogP contribution in [0.2, 0.25) is 0 Å². The molecule has 0 unspecified atom stereocenters. The molecule has 0 spiro atoms. The maximum Gasteiger partial charge on any atom is 0.329 e. The number of anilines is 1. The standard InChI is InChI=1S/C23H24N6O4/c1-15-8-10-16(11-9-15)12-24-27-22-25-20-19(21(31)26-23(32)28(20)2)29(22)13-17(30)14-33-18-6-4-3-5-7-18/h3-12,17,30H,13-14H2,1-2H3,(H,25,27)(H,26,31,32)/b24-12-/t17-/m1/s1. The lowest BCUT2D eigenvalue weighted by Crippen LogP contribution is -2.30. The predicted molar refractivity (Wildman–Crippen MR) is 126 cm³/mol. The Kier molecular flexibility index (Phi) is 6.36. The van der Waals surface area contributed by atoms with E-state index in [1.165, 1.54) is 16.2 Å². The first-order chi connectivity index (χ1) is 15.9. The van der Waals surface area contributed by atoms with Gasteiger partial charge in [-0.25, -0.2) is 10.2 Å². The summed E-state index contributed by atoms with van der Waals surface area (Å²) in [6.45, 7) is 1.99. The Morgan fingerprint density at radius 1 is 1.18 bits per heavy atom. The van der Waals surface area contributed by atoms with Crippen LogP contribution in [0.5, 0.6) is 5.75 Å². The second-order valence-electron chi connectivity index (χ2n) is 7.60. The van der Waals surface area contributed by atoms with Crippen LogP contribution in [0.4, 0.5) is 5.95 Å². The molecule has 2 heterocycles. The van der Waals surface area contributed by atoms with Gasteiger partial charge in [-0.1, -0.05) is 48.0 Å². The average molecular weight is 448 g/mol. The van der Waals surface area contributed by atoms with Crippen LogP contribution in [-0.4, -0.2) is 43.1 Å². The Labute approximate surface area is 188 Å². The molecule has 0 fully saturated rings. The Hall–Kier alpha value is -4.18. The van der Waals surface area contributed by atoms with Gasteiger partial charge >= 0.3 is 5.69 Å². The lowest BCUT2D eigenvalue weighted by atomic mass is 10.2. The van der Waals surface area contributed by atoms with Gasteiger partial charge in [-0.15, -0.1) is 0 Å². The van der Waals surface area contributed by atoms with Gasteiger partial charge in [0.05, 0.1) is 12.8 Å². The molecule has 0 radical (unpaired) electrons. The van der Waals surface area contributed by atoms with Gasteiger partial charge in [0.25, 0.3) is 5.56 Å². The number of aryl methyl sites for hydroxylation is 2. The monoisotopic (exact) mass is 448 g/mol. The summed E-state index contributed by atoms with van der Waals surface area (Å²) in [6, 6.07) is 16.9. The molecule has 170 valence electrons. The van der Waals surface area contributed by atoms with E-state index < -0.39 is 17.4 Å². The molecule has 10 heteroatoms. The quantitative estimate of drug-likeness (QED) is 0.278. The number of aromatic amines is 1. The number of H-pyrrole nitrogens is 1. The SMILES string of the molecule is Cc1ccc(/C=N\Nc2nc3c(c(=O)[nH]c(=O)n3C)n2C[C@@H](O)COc2ccccc2)cc1. The molecule has 0 aliphatic carbocycles. The van der Waals surface area contributed by atoms with Crippen molar-refractivity contribution in [1.29, 1.82) is 0 Å². The van der Waals surface area contributed by atoms with Crippen molar-refractivity contribution in [2.75, 3.05) is 12.0 Å². The molecular formula is C23H24N6O4. The lowest BCUT2D eigenvalue weighted by molar-refractivity contribution is 0.0938. The van der Waals surface area contributed by atoms with Crippen molar-refractivity contribution in [2.45, 2.75) is 19.6 Å². The molecule has 2 aromatic heterocycles. The second kappa shape index (κ2) is 9.53. The zero-order chi connectivity index (χ0) is 23.4. The zero-order valence-corrected chi connectivity index (χ0v) is 18.2. The molecule has 0 aliphatic heterocycles. The van der Waals surface area contributed by atoms with Crippen LogP contribution in [-0.2, 0) is 13.6 Å². The number of hydrazone groups is 1. The van der Waals surface area contributed by atoms with Crippen LogP contribution < -0.4 is 21.4 Å². The van der Waals surface area contributed by atoms with Crippen molar-refractivity contribution in [3.63, 3.8) is 0 Å². The Balaban J connectivity index is 1.62. The van der Waals surface area contributed by atoms with Crippen molar-refractivity contribution in [2.24, 2.45) is 12.1 Å². The fourth-order valence-corrected chi connectivity index (χ4v) is 3.29. The number of para-hydroxylation sites is 1. The van der Waals surface area contributed by atoms with E-state index in [1.807, 2.05) is 49.4 Å². The van der Waals surface area contributed by atoms with Crippen molar-refractivity contribution in [3.05, 3.63) is 86.6 Å². The van der Waals surface area contributed by atoms with E-state index in [0.29, 0.717) is 5.75 Å². The van der Waals surface area contributed by atoms with E-state index in [2.05, 4.69) is 20.5 Å². The molecule has 4 rings (SSSR count). The number of nitrogens with one attached hydrogen (secondary N) is 2. The average Bonchev–Trinajstić information content (AvgIpc) is 3.17. The van der Waals surface area contributed by atoms with Gasteiger partial charge in [0.15, 0.2) is 11.2 Å². The second-order valence-corrected chi connectivity index (χ2v) is 7.60. The fraction of sp³-hybridized carbons (Fsp3) is 0.217. The van der Waals surface area contributed by atoms with Crippen LogP contribution in [0.3, 0.4) is 0 Å². The first-order valence-electron chi connectivity index (χ1n) is 10.3. The van der Waals surface area contributed by atoms with Gasteiger partial charge in [0.1, 0.15) is 18.5 Å². The molecule has 10 nitrogen and oxygen atoms in total. The van der Waals surface area contributed by atoms with Gasteiger partial charge in [0, 0.05) is 7.05 Å². The molecule has 0 bridgehead atoms. The lowest BCUT2D eigenvalue weighted by Gasteiger charge is -2.15. The Morgan fingerprint density at radius 3 is 2.64 bits per heavy atom. The maximum absolute atomic E-state index is 12.6. The van der Waals surface area contributed by atoms with Crippen LogP contribution in [0, 0.1) is 6.92 Å². The van der Waals surface area contributed by atoms with E-state index in [0.717, 1.165) is 11.1 Å². The van der Waals surface area contributed by atoms with Crippen LogP contribution in [0.1, 0.15) is 11.1 Å². The number of hydrogen-bond donors (Lipinski definition) is 3. The van der Waals surface area contributed by atoms with Gasteiger partial charge in [-0.05, 0) is 24.6 Å². The molecule has 4 aromatic rings. The number of imidazole rings is 1.